The van der Waals surface area contributed by atoms with Gasteiger partial charge in [0.1, 0.15) is 5.25 Å². The van der Waals surface area contributed by atoms with Gasteiger partial charge in [-0.3, -0.25) is 4.79 Å². The Balaban J connectivity index is 4.02. The molecule has 0 aliphatic heterocycles. The maximum absolute atomic E-state index is 10.9. The van der Waals surface area contributed by atoms with Crippen molar-refractivity contribution in [2.45, 2.75) is 57.5 Å². The zero-order valence-corrected chi connectivity index (χ0v) is 10.4. The monoisotopic (exact) mass is 218 g/mol. The number of carbonyl (C=O) groups is 1. The summed E-state index contributed by atoms with van der Waals surface area (Å²) < 4.78 is 0. The van der Waals surface area contributed by atoms with Gasteiger partial charge in [0.2, 0.25) is 0 Å². The van der Waals surface area contributed by atoms with E-state index in [0.29, 0.717) is 11.2 Å². The molecule has 0 heterocycles. The first-order valence-electron chi connectivity index (χ1n) is 5.37. The quantitative estimate of drug-likeness (QED) is 0.711. The molecule has 2 nitrogen and oxygen atoms in total. The predicted octanol–water partition coefficient (Wildman–Crippen LogP) is 3.41. The van der Waals surface area contributed by atoms with Crippen molar-refractivity contribution in [3.8, 4) is 0 Å². The number of aliphatic carboxylic acids is 1. The molecule has 0 aromatic rings. The molecule has 0 saturated carbocycles. The number of hydrogen-bond donors (Lipinski definition) is 1. The van der Waals surface area contributed by atoms with Gasteiger partial charge in [-0.1, -0.05) is 40.5 Å². The smallest absolute Gasteiger partial charge is 0.316 e. The third kappa shape index (κ3) is 5.53. The topological polar surface area (TPSA) is 37.3 Å². The lowest BCUT2D eigenvalue weighted by molar-refractivity contribution is -0.136. The molecule has 0 saturated heterocycles. The summed E-state index contributed by atoms with van der Waals surface area (Å²) in [5.41, 5.74) is 0. The highest BCUT2D eigenvalue weighted by molar-refractivity contribution is 8.01. The molecule has 0 fully saturated rings. The van der Waals surface area contributed by atoms with Crippen LogP contribution in [0.25, 0.3) is 0 Å². The van der Waals surface area contributed by atoms with Crippen molar-refractivity contribution in [3.63, 3.8) is 0 Å². The summed E-state index contributed by atoms with van der Waals surface area (Å²) in [6.07, 6.45) is 2.88. The molecule has 0 bridgehead atoms. The van der Waals surface area contributed by atoms with Crippen LogP contribution >= 0.6 is 11.8 Å². The van der Waals surface area contributed by atoms with Crippen LogP contribution in [0.5, 0.6) is 0 Å². The van der Waals surface area contributed by atoms with Crippen LogP contribution in [0.15, 0.2) is 0 Å². The van der Waals surface area contributed by atoms with Gasteiger partial charge in [0.25, 0.3) is 0 Å². The molecule has 2 atom stereocenters. The zero-order valence-electron chi connectivity index (χ0n) is 9.62. The fraction of sp³-hybridized carbons (Fsp3) is 0.909. The van der Waals surface area contributed by atoms with E-state index in [9.17, 15) is 4.79 Å². The molecular weight excluding hydrogens is 196 g/mol. The Hall–Kier alpha value is -0.180. The molecular formula is C11H22O2S. The third-order valence-electron chi connectivity index (χ3n) is 2.41. The SMILES string of the molecule is CCCCC(SC(C)C(C)C)C(=O)O. The summed E-state index contributed by atoms with van der Waals surface area (Å²) in [5, 5.41) is 9.22. The van der Waals surface area contributed by atoms with Crippen molar-refractivity contribution in [2.75, 3.05) is 0 Å². The Morgan fingerprint density at radius 2 is 1.93 bits per heavy atom. The van der Waals surface area contributed by atoms with Crippen molar-refractivity contribution in [1.82, 2.24) is 0 Å². The molecule has 3 heteroatoms. The van der Waals surface area contributed by atoms with Gasteiger partial charge in [-0.05, 0) is 12.3 Å². The van der Waals surface area contributed by atoms with Crippen LogP contribution in [-0.4, -0.2) is 21.6 Å². The van der Waals surface area contributed by atoms with Crippen LogP contribution in [0.3, 0.4) is 0 Å². The van der Waals surface area contributed by atoms with Gasteiger partial charge in [0.15, 0.2) is 0 Å². The van der Waals surface area contributed by atoms with E-state index in [-0.39, 0.29) is 5.25 Å². The van der Waals surface area contributed by atoms with E-state index in [0.717, 1.165) is 19.3 Å². The van der Waals surface area contributed by atoms with Crippen LogP contribution in [0.1, 0.15) is 47.0 Å². The minimum Gasteiger partial charge on any atom is -0.480 e. The van der Waals surface area contributed by atoms with E-state index in [1.54, 1.807) is 11.8 Å². The van der Waals surface area contributed by atoms with Crippen LogP contribution in [-0.2, 0) is 4.79 Å². The molecule has 0 spiro atoms. The molecule has 0 aromatic carbocycles. The minimum atomic E-state index is -0.657. The second-order valence-corrected chi connectivity index (χ2v) is 5.64. The van der Waals surface area contributed by atoms with Gasteiger partial charge < -0.3 is 5.11 Å². The summed E-state index contributed by atoms with van der Waals surface area (Å²) >= 11 is 1.60. The highest BCUT2D eigenvalue weighted by Crippen LogP contribution is 2.27. The minimum absolute atomic E-state index is 0.215. The number of unbranched alkanes of at least 4 members (excludes halogenated alkanes) is 1. The standard InChI is InChI=1S/C11H22O2S/c1-5-6-7-10(11(12)13)14-9(4)8(2)3/h8-10H,5-7H2,1-4H3,(H,12,13). The second kappa shape index (κ2) is 7.16. The van der Waals surface area contributed by atoms with Gasteiger partial charge in [0, 0.05) is 5.25 Å². The van der Waals surface area contributed by atoms with Gasteiger partial charge in [-0.25, -0.2) is 0 Å². The van der Waals surface area contributed by atoms with Gasteiger partial charge in [-0.15, -0.1) is 11.8 Å². The maximum Gasteiger partial charge on any atom is 0.316 e. The van der Waals surface area contributed by atoms with Crippen molar-refractivity contribution in [3.05, 3.63) is 0 Å². The van der Waals surface area contributed by atoms with Crippen molar-refractivity contribution >= 4 is 17.7 Å². The predicted molar refractivity (Wildman–Crippen MR) is 62.8 cm³/mol. The first kappa shape index (κ1) is 13.8. The normalized spacial score (nSPS) is 15.5. The van der Waals surface area contributed by atoms with Crippen molar-refractivity contribution < 1.29 is 9.90 Å². The second-order valence-electron chi connectivity index (χ2n) is 4.05. The van der Waals surface area contributed by atoms with Gasteiger partial charge in [0.05, 0.1) is 0 Å². The Morgan fingerprint density at radius 3 is 2.29 bits per heavy atom. The highest BCUT2D eigenvalue weighted by atomic mass is 32.2. The van der Waals surface area contributed by atoms with Gasteiger partial charge in [-0.2, -0.15) is 0 Å². The zero-order chi connectivity index (χ0) is 11.1. The third-order valence-corrected chi connectivity index (χ3v) is 4.15. The number of hydrogen-bond acceptors (Lipinski definition) is 2. The molecule has 0 aliphatic carbocycles. The van der Waals surface area contributed by atoms with Crippen LogP contribution < -0.4 is 0 Å². The first-order chi connectivity index (χ1) is 6.49. The number of thioether (sulfide) groups is 1. The van der Waals surface area contributed by atoms with Crippen molar-refractivity contribution in [1.29, 1.82) is 0 Å². The molecule has 0 radical (unpaired) electrons. The first-order valence-corrected chi connectivity index (χ1v) is 6.31. The number of carboxylic acids is 1. The largest absolute Gasteiger partial charge is 0.480 e. The van der Waals surface area contributed by atoms with E-state index in [4.69, 9.17) is 5.11 Å². The van der Waals surface area contributed by atoms with Crippen LogP contribution in [0.2, 0.25) is 0 Å². The Labute approximate surface area is 91.5 Å². The van der Waals surface area contributed by atoms with E-state index in [2.05, 4.69) is 27.7 Å². The van der Waals surface area contributed by atoms with E-state index < -0.39 is 5.97 Å². The molecule has 0 amide bonds. The molecule has 0 aliphatic rings. The van der Waals surface area contributed by atoms with E-state index >= 15 is 0 Å². The van der Waals surface area contributed by atoms with Gasteiger partial charge >= 0.3 is 5.97 Å². The number of carboxylic acid groups (broad SMARTS) is 1. The lowest BCUT2D eigenvalue weighted by Gasteiger charge is -2.19. The Morgan fingerprint density at radius 1 is 1.36 bits per heavy atom. The van der Waals surface area contributed by atoms with Crippen molar-refractivity contribution in [2.24, 2.45) is 5.92 Å². The summed E-state index contributed by atoms with van der Waals surface area (Å²) in [6, 6.07) is 0. The lowest BCUT2D eigenvalue weighted by atomic mass is 10.1. The highest BCUT2D eigenvalue weighted by Gasteiger charge is 2.21. The average molecular weight is 218 g/mol. The molecule has 2 unspecified atom stereocenters. The fourth-order valence-electron chi connectivity index (χ4n) is 1.06. The summed E-state index contributed by atoms with van der Waals surface area (Å²) in [6.45, 7) is 8.47. The average Bonchev–Trinajstić information content (AvgIpc) is 2.10. The summed E-state index contributed by atoms with van der Waals surface area (Å²) in [5.74, 6) is -0.112. The molecule has 1 N–H and O–H groups in total. The van der Waals surface area contributed by atoms with E-state index in [1.165, 1.54) is 0 Å². The van der Waals surface area contributed by atoms with Crippen LogP contribution in [0, 0.1) is 5.92 Å². The lowest BCUT2D eigenvalue weighted by Crippen LogP contribution is -2.21. The molecule has 84 valence electrons. The van der Waals surface area contributed by atoms with Crippen LogP contribution in [0.4, 0.5) is 0 Å². The molecule has 0 rings (SSSR count). The summed E-state index contributed by atoms with van der Waals surface area (Å²) in [4.78, 5) is 10.9. The maximum atomic E-state index is 10.9. The molecule has 14 heavy (non-hydrogen) atoms. The fourth-order valence-corrected chi connectivity index (χ4v) is 2.31. The Bertz CT molecular complexity index is 169. The van der Waals surface area contributed by atoms with E-state index in [1.807, 2.05) is 0 Å². The Kier molecular flexibility index (Phi) is 7.06. The molecule has 0 aromatic heterocycles. The summed E-state index contributed by atoms with van der Waals surface area (Å²) in [7, 11) is 0. The number of rotatable bonds is 7.